The average molecular weight is 147 g/mol. The van der Waals surface area contributed by atoms with Crippen molar-refractivity contribution in [2.24, 2.45) is 0 Å². The lowest BCUT2D eigenvalue weighted by Crippen LogP contribution is -2.32. The second-order valence-electron chi connectivity index (χ2n) is 2.17. The SMILES string of the molecule is CC(=O)CNCC(O)CO. The maximum Gasteiger partial charge on any atom is 0.143 e. The second-order valence-corrected chi connectivity index (χ2v) is 2.17. The Hall–Kier alpha value is -0.450. The molecule has 0 radical (unpaired) electrons. The maximum atomic E-state index is 10.3. The van der Waals surface area contributed by atoms with Crippen LogP contribution in [0.2, 0.25) is 0 Å². The van der Waals surface area contributed by atoms with E-state index < -0.39 is 6.10 Å². The third-order valence-electron chi connectivity index (χ3n) is 0.965. The van der Waals surface area contributed by atoms with Crippen molar-refractivity contribution in [1.29, 1.82) is 0 Å². The molecule has 0 aliphatic heterocycles. The Morgan fingerprint density at radius 3 is 2.70 bits per heavy atom. The van der Waals surface area contributed by atoms with Gasteiger partial charge in [0.2, 0.25) is 0 Å². The normalized spacial score (nSPS) is 13.1. The van der Waals surface area contributed by atoms with E-state index in [2.05, 4.69) is 5.32 Å². The minimum Gasteiger partial charge on any atom is -0.394 e. The first-order valence-corrected chi connectivity index (χ1v) is 3.16. The topological polar surface area (TPSA) is 69.6 Å². The van der Waals surface area contributed by atoms with E-state index in [1.807, 2.05) is 0 Å². The number of aliphatic hydroxyl groups is 2. The summed E-state index contributed by atoms with van der Waals surface area (Å²) in [7, 11) is 0. The highest BCUT2D eigenvalue weighted by atomic mass is 16.3. The van der Waals surface area contributed by atoms with Gasteiger partial charge in [-0.15, -0.1) is 0 Å². The van der Waals surface area contributed by atoms with Crippen molar-refractivity contribution in [3.63, 3.8) is 0 Å². The highest BCUT2D eigenvalue weighted by Crippen LogP contribution is 1.75. The summed E-state index contributed by atoms with van der Waals surface area (Å²) in [4.78, 5) is 10.3. The molecular formula is C6H13NO3. The summed E-state index contributed by atoms with van der Waals surface area (Å²) in [6, 6.07) is 0. The molecule has 0 bridgehead atoms. The van der Waals surface area contributed by atoms with Crippen molar-refractivity contribution < 1.29 is 15.0 Å². The molecule has 1 atom stereocenters. The molecule has 4 nitrogen and oxygen atoms in total. The molecule has 0 aromatic heterocycles. The molecule has 0 spiro atoms. The van der Waals surface area contributed by atoms with E-state index in [1.54, 1.807) is 0 Å². The van der Waals surface area contributed by atoms with Gasteiger partial charge in [-0.05, 0) is 6.92 Å². The number of hydrogen-bond donors (Lipinski definition) is 3. The van der Waals surface area contributed by atoms with Crippen LogP contribution in [0, 0.1) is 0 Å². The molecule has 0 fully saturated rings. The lowest BCUT2D eigenvalue weighted by Gasteiger charge is -2.06. The minimum absolute atomic E-state index is 0.0186. The second kappa shape index (κ2) is 5.34. The first-order chi connectivity index (χ1) is 4.66. The van der Waals surface area contributed by atoms with Crippen LogP contribution < -0.4 is 5.32 Å². The van der Waals surface area contributed by atoms with Crippen molar-refractivity contribution in [3.05, 3.63) is 0 Å². The van der Waals surface area contributed by atoms with Gasteiger partial charge in [0.1, 0.15) is 5.78 Å². The molecule has 0 saturated carbocycles. The molecule has 0 aliphatic rings. The number of aliphatic hydroxyl groups excluding tert-OH is 2. The van der Waals surface area contributed by atoms with Crippen molar-refractivity contribution >= 4 is 5.78 Å². The lowest BCUT2D eigenvalue weighted by atomic mass is 10.3. The summed E-state index contributed by atoms with van der Waals surface area (Å²) in [5.41, 5.74) is 0. The van der Waals surface area contributed by atoms with Crippen LogP contribution in [0.15, 0.2) is 0 Å². The highest BCUT2D eigenvalue weighted by molar-refractivity contribution is 5.77. The number of carbonyl (C=O) groups excluding carboxylic acids is 1. The van der Waals surface area contributed by atoms with Crippen LogP contribution in [0.4, 0.5) is 0 Å². The predicted octanol–water partition coefficient (Wildman–Crippen LogP) is -1.48. The zero-order valence-corrected chi connectivity index (χ0v) is 6.00. The summed E-state index contributed by atoms with van der Waals surface area (Å²) in [6.45, 7) is 1.69. The van der Waals surface area contributed by atoms with Crippen LogP contribution in [-0.4, -0.2) is 41.8 Å². The summed E-state index contributed by atoms with van der Waals surface area (Å²) < 4.78 is 0. The van der Waals surface area contributed by atoms with Crippen LogP contribution in [0.1, 0.15) is 6.92 Å². The van der Waals surface area contributed by atoms with Crippen LogP contribution in [0.3, 0.4) is 0 Å². The quantitative estimate of drug-likeness (QED) is 0.443. The maximum absolute atomic E-state index is 10.3. The van der Waals surface area contributed by atoms with Crippen LogP contribution in [0.5, 0.6) is 0 Å². The molecule has 0 heterocycles. The molecular weight excluding hydrogens is 134 g/mol. The van der Waals surface area contributed by atoms with Gasteiger partial charge < -0.3 is 15.5 Å². The molecule has 0 amide bonds. The van der Waals surface area contributed by atoms with Gasteiger partial charge >= 0.3 is 0 Å². The van der Waals surface area contributed by atoms with Crippen molar-refractivity contribution in [2.75, 3.05) is 19.7 Å². The Bertz CT molecular complexity index is 105. The molecule has 0 aromatic carbocycles. The Morgan fingerprint density at radius 2 is 2.30 bits per heavy atom. The fraction of sp³-hybridized carbons (Fsp3) is 0.833. The first-order valence-electron chi connectivity index (χ1n) is 3.16. The number of ketones is 1. The molecule has 0 aliphatic carbocycles. The van der Waals surface area contributed by atoms with Crippen molar-refractivity contribution in [3.8, 4) is 0 Å². The zero-order valence-electron chi connectivity index (χ0n) is 6.00. The molecule has 10 heavy (non-hydrogen) atoms. The standard InChI is InChI=1S/C6H13NO3/c1-5(9)2-7-3-6(10)4-8/h6-8,10H,2-4H2,1H3. The van der Waals surface area contributed by atoms with Crippen molar-refractivity contribution in [1.82, 2.24) is 5.32 Å². The molecule has 0 rings (SSSR count). The van der Waals surface area contributed by atoms with Gasteiger partial charge in [0, 0.05) is 6.54 Å². The van der Waals surface area contributed by atoms with E-state index in [1.165, 1.54) is 6.92 Å². The van der Waals surface area contributed by atoms with E-state index in [-0.39, 0.29) is 25.5 Å². The van der Waals surface area contributed by atoms with Gasteiger partial charge in [0.25, 0.3) is 0 Å². The van der Waals surface area contributed by atoms with Crippen LogP contribution >= 0.6 is 0 Å². The van der Waals surface area contributed by atoms with Gasteiger partial charge in [-0.3, -0.25) is 4.79 Å². The van der Waals surface area contributed by atoms with E-state index >= 15 is 0 Å². The zero-order chi connectivity index (χ0) is 7.98. The Balaban J connectivity index is 3.11. The summed E-state index contributed by atoms with van der Waals surface area (Å²) in [5, 5.41) is 19.7. The number of rotatable bonds is 5. The summed E-state index contributed by atoms with van der Waals surface area (Å²) in [5.74, 6) is 0.0186. The number of nitrogens with one attached hydrogen (secondary N) is 1. The van der Waals surface area contributed by atoms with E-state index in [0.717, 1.165) is 0 Å². The smallest absolute Gasteiger partial charge is 0.143 e. The monoisotopic (exact) mass is 147 g/mol. The molecule has 3 N–H and O–H groups in total. The third-order valence-corrected chi connectivity index (χ3v) is 0.965. The van der Waals surface area contributed by atoms with Gasteiger partial charge in [-0.25, -0.2) is 0 Å². The lowest BCUT2D eigenvalue weighted by molar-refractivity contribution is -0.116. The Kier molecular flexibility index (Phi) is 5.10. The van der Waals surface area contributed by atoms with Gasteiger partial charge in [-0.2, -0.15) is 0 Å². The van der Waals surface area contributed by atoms with E-state index in [4.69, 9.17) is 10.2 Å². The number of hydrogen-bond acceptors (Lipinski definition) is 4. The van der Waals surface area contributed by atoms with Crippen LogP contribution in [-0.2, 0) is 4.79 Å². The van der Waals surface area contributed by atoms with Gasteiger partial charge in [-0.1, -0.05) is 0 Å². The number of Topliss-reactive ketones (excluding diaryl/α,β-unsaturated/α-hetero) is 1. The molecule has 0 aromatic rings. The van der Waals surface area contributed by atoms with E-state index in [0.29, 0.717) is 0 Å². The molecule has 0 saturated heterocycles. The Labute approximate surface area is 59.9 Å². The number of carbonyl (C=O) groups is 1. The minimum atomic E-state index is -0.764. The first kappa shape index (κ1) is 9.55. The van der Waals surface area contributed by atoms with Crippen LogP contribution in [0.25, 0.3) is 0 Å². The Morgan fingerprint density at radius 1 is 1.70 bits per heavy atom. The largest absolute Gasteiger partial charge is 0.394 e. The van der Waals surface area contributed by atoms with Gasteiger partial charge in [0.05, 0.1) is 19.3 Å². The van der Waals surface area contributed by atoms with Crippen molar-refractivity contribution in [2.45, 2.75) is 13.0 Å². The fourth-order valence-corrected chi connectivity index (χ4v) is 0.479. The molecule has 1 unspecified atom stereocenters. The van der Waals surface area contributed by atoms with Gasteiger partial charge in [0.15, 0.2) is 0 Å². The summed E-state index contributed by atoms with van der Waals surface area (Å²) >= 11 is 0. The molecule has 4 heteroatoms. The average Bonchev–Trinajstić information content (AvgIpc) is 1.87. The summed E-state index contributed by atoms with van der Waals surface area (Å²) in [6.07, 6.45) is -0.764. The predicted molar refractivity (Wildman–Crippen MR) is 36.6 cm³/mol. The van der Waals surface area contributed by atoms with E-state index in [9.17, 15) is 4.79 Å². The molecule has 60 valence electrons. The fourth-order valence-electron chi connectivity index (χ4n) is 0.479. The third kappa shape index (κ3) is 5.68. The highest BCUT2D eigenvalue weighted by Gasteiger charge is 2.00.